The van der Waals surface area contributed by atoms with E-state index in [4.69, 9.17) is 11.6 Å². The summed E-state index contributed by atoms with van der Waals surface area (Å²) in [6, 6.07) is 4.05. The Morgan fingerprint density at radius 3 is 2.56 bits per heavy atom. The van der Waals surface area contributed by atoms with E-state index >= 15 is 0 Å². The molecule has 0 aliphatic carbocycles. The fraction of sp³-hybridized carbons (Fsp3) is 0.611. The maximum atomic E-state index is 10.2. The van der Waals surface area contributed by atoms with Gasteiger partial charge in [-0.05, 0) is 38.3 Å². The molecule has 1 fully saturated rings. The van der Waals surface area contributed by atoms with E-state index in [0.29, 0.717) is 0 Å². The minimum atomic E-state index is -0.674. The van der Waals surface area contributed by atoms with E-state index in [9.17, 15) is 5.11 Å². The SMILES string of the molecule is CCC(CSc1nc2cc(Cl)c(N3CCNCC3)cc2[nH]1)C(C)(C)O.Cl.Cl. The molecule has 0 saturated carbocycles. The van der Waals surface area contributed by atoms with Crippen LogP contribution < -0.4 is 10.2 Å². The van der Waals surface area contributed by atoms with Gasteiger partial charge in [0.15, 0.2) is 5.16 Å². The average Bonchev–Trinajstić information content (AvgIpc) is 2.95. The van der Waals surface area contributed by atoms with E-state index in [1.165, 1.54) is 0 Å². The number of thioether (sulfide) groups is 1. The molecule has 5 nitrogen and oxygen atoms in total. The quantitative estimate of drug-likeness (QED) is 0.565. The van der Waals surface area contributed by atoms with Crippen LogP contribution >= 0.6 is 48.2 Å². The van der Waals surface area contributed by atoms with Crippen LogP contribution in [0, 0.1) is 5.92 Å². The van der Waals surface area contributed by atoms with Crippen molar-refractivity contribution < 1.29 is 5.11 Å². The Hall–Kier alpha value is -0.370. The summed E-state index contributed by atoms with van der Waals surface area (Å²) in [5.41, 5.74) is 2.30. The molecule has 2 heterocycles. The largest absolute Gasteiger partial charge is 0.390 e. The highest BCUT2D eigenvalue weighted by molar-refractivity contribution is 7.99. The Morgan fingerprint density at radius 2 is 1.96 bits per heavy atom. The maximum Gasteiger partial charge on any atom is 0.166 e. The van der Waals surface area contributed by atoms with Crippen LogP contribution in [-0.4, -0.2) is 52.6 Å². The number of aromatic nitrogens is 2. The molecule has 27 heavy (non-hydrogen) atoms. The van der Waals surface area contributed by atoms with Crippen LogP contribution in [0.4, 0.5) is 5.69 Å². The Morgan fingerprint density at radius 1 is 1.30 bits per heavy atom. The van der Waals surface area contributed by atoms with Crippen LogP contribution in [0.1, 0.15) is 27.2 Å². The number of H-pyrrole nitrogens is 1. The highest BCUT2D eigenvalue weighted by Gasteiger charge is 2.25. The first kappa shape index (κ1) is 24.7. The predicted molar refractivity (Wildman–Crippen MR) is 121 cm³/mol. The lowest BCUT2D eigenvalue weighted by atomic mass is 9.91. The van der Waals surface area contributed by atoms with Gasteiger partial charge in [0.2, 0.25) is 0 Å². The molecule has 9 heteroatoms. The summed E-state index contributed by atoms with van der Waals surface area (Å²) in [5.74, 6) is 1.06. The number of imidazole rings is 1. The summed E-state index contributed by atoms with van der Waals surface area (Å²) >= 11 is 8.16. The van der Waals surface area contributed by atoms with Crippen LogP contribution in [0.25, 0.3) is 11.0 Å². The zero-order valence-electron chi connectivity index (χ0n) is 15.9. The molecule has 1 unspecified atom stereocenters. The van der Waals surface area contributed by atoms with Crippen molar-refractivity contribution in [3.05, 3.63) is 17.2 Å². The number of aromatic amines is 1. The van der Waals surface area contributed by atoms with Crippen molar-refractivity contribution >= 4 is 64.9 Å². The average molecular weight is 456 g/mol. The molecule has 0 amide bonds. The summed E-state index contributed by atoms with van der Waals surface area (Å²) in [4.78, 5) is 10.4. The molecule has 2 aromatic rings. The number of nitrogens with zero attached hydrogens (tertiary/aromatic N) is 2. The highest BCUT2D eigenvalue weighted by atomic mass is 35.5. The van der Waals surface area contributed by atoms with Crippen molar-refractivity contribution in [2.75, 3.05) is 36.8 Å². The van der Waals surface area contributed by atoms with E-state index in [1.54, 1.807) is 11.8 Å². The molecule has 1 aliphatic rings. The molecule has 0 bridgehead atoms. The lowest BCUT2D eigenvalue weighted by Gasteiger charge is -2.30. The highest BCUT2D eigenvalue weighted by Crippen LogP contribution is 2.33. The Bertz CT molecular complexity index is 729. The fourth-order valence-corrected chi connectivity index (χ4v) is 4.84. The molecule has 1 aliphatic heterocycles. The molecular formula is C18H29Cl3N4OS. The van der Waals surface area contributed by atoms with Gasteiger partial charge < -0.3 is 20.3 Å². The second kappa shape index (κ2) is 10.4. The first-order valence-electron chi connectivity index (χ1n) is 8.88. The van der Waals surface area contributed by atoms with Gasteiger partial charge in [0, 0.05) is 31.9 Å². The van der Waals surface area contributed by atoms with E-state index in [-0.39, 0.29) is 30.7 Å². The van der Waals surface area contributed by atoms with Gasteiger partial charge in [-0.25, -0.2) is 4.98 Å². The fourth-order valence-electron chi connectivity index (χ4n) is 3.21. The summed E-state index contributed by atoms with van der Waals surface area (Å²) in [7, 11) is 0. The van der Waals surface area contributed by atoms with Crippen LogP contribution in [0.5, 0.6) is 0 Å². The van der Waals surface area contributed by atoms with Gasteiger partial charge in [-0.15, -0.1) is 24.8 Å². The number of benzene rings is 1. The number of halogens is 3. The monoisotopic (exact) mass is 454 g/mol. The predicted octanol–water partition coefficient (Wildman–Crippen LogP) is 4.36. The number of anilines is 1. The molecule has 154 valence electrons. The van der Waals surface area contributed by atoms with Gasteiger partial charge in [-0.3, -0.25) is 0 Å². The molecular weight excluding hydrogens is 427 g/mol. The van der Waals surface area contributed by atoms with Gasteiger partial charge in [-0.2, -0.15) is 0 Å². The lowest BCUT2D eigenvalue weighted by molar-refractivity contribution is 0.0255. The number of nitrogens with one attached hydrogen (secondary N) is 2. The smallest absolute Gasteiger partial charge is 0.166 e. The number of fused-ring (bicyclic) bond motifs is 1. The molecule has 3 N–H and O–H groups in total. The zero-order valence-corrected chi connectivity index (χ0v) is 19.1. The van der Waals surface area contributed by atoms with Crippen molar-refractivity contribution in [2.24, 2.45) is 5.92 Å². The van der Waals surface area contributed by atoms with Crippen LogP contribution in [0.15, 0.2) is 17.3 Å². The Balaban J connectivity index is 0.00000182. The van der Waals surface area contributed by atoms with Crippen LogP contribution in [0.2, 0.25) is 5.02 Å². The van der Waals surface area contributed by atoms with Crippen molar-refractivity contribution in [3.8, 4) is 0 Å². The third-order valence-corrected chi connectivity index (χ3v) is 6.24. The number of hydrogen-bond donors (Lipinski definition) is 3. The maximum absolute atomic E-state index is 10.2. The van der Waals surface area contributed by atoms with Gasteiger partial charge in [-0.1, -0.05) is 30.3 Å². The number of piperazine rings is 1. The normalized spacial score (nSPS) is 16.0. The molecule has 0 spiro atoms. The van der Waals surface area contributed by atoms with Gasteiger partial charge in [0.05, 0.1) is 27.3 Å². The summed E-state index contributed by atoms with van der Waals surface area (Å²) < 4.78 is 0. The van der Waals surface area contributed by atoms with Crippen LogP contribution in [0.3, 0.4) is 0 Å². The first-order valence-corrected chi connectivity index (χ1v) is 10.2. The van der Waals surface area contributed by atoms with Gasteiger partial charge in [0.1, 0.15) is 0 Å². The number of aliphatic hydroxyl groups is 1. The van der Waals surface area contributed by atoms with Crippen molar-refractivity contribution in [1.82, 2.24) is 15.3 Å². The molecule has 1 aromatic heterocycles. The van der Waals surface area contributed by atoms with E-state index < -0.39 is 5.60 Å². The lowest BCUT2D eigenvalue weighted by Crippen LogP contribution is -2.43. The molecule has 1 aromatic carbocycles. The number of hydrogen-bond acceptors (Lipinski definition) is 5. The second-order valence-electron chi connectivity index (χ2n) is 7.17. The topological polar surface area (TPSA) is 64.2 Å². The molecule has 1 atom stereocenters. The minimum absolute atomic E-state index is 0. The van der Waals surface area contributed by atoms with E-state index in [1.807, 2.05) is 19.9 Å². The second-order valence-corrected chi connectivity index (χ2v) is 8.59. The standard InChI is InChI=1S/C18H27ClN4OS.2ClH/c1-4-12(18(2,3)24)11-25-17-21-14-9-13(19)16(10-15(14)22-17)23-7-5-20-6-8-23;;/h9-10,12,20,24H,4-8,11H2,1-3H3,(H,21,22);2*1H. The third kappa shape index (κ3) is 6.05. The van der Waals surface area contributed by atoms with Crippen LogP contribution in [-0.2, 0) is 0 Å². The van der Waals surface area contributed by atoms with Crippen molar-refractivity contribution in [2.45, 2.75) is 37.9 Å². The molecule has 3 rings (SSSR count). The summed E-state index contributed by atoms with van der Waals surface area (Å²) in [6.45, 7) is 9.75. The Labute approximate surface area is 182 Å². The third-order valence-electron chi connectivity index (χ3n) is 4.90. The number of rotatable bonds is 6. The summed E-state index contributed by atoms with van der Waals surface area (Å²) in [5, 5.41) is 15.2. The Kier molecular flexibility index (Phi) is 9.52. The minimum Gasteiger partial charge on any atom is -0.390 e. The van der Waals surface area contributed by atoms with Gasteiger partial charge in [0.25, 0.3) is 0 Å². The molecule has 1 saturated heterocycles. The first-order chi connectivity index (χ1) is 11.9. The van der Waals surface area contributed by atoms with Crippen molar-refractivity contribution in [1.29, 1.82) is 0 Å². The van der Waals surface area contributed by atoms with E-state index in [0.717, 1.165) is 65.3 Å². The molecule has 0 radical (unpaired) electrons. The van der Waals surface area contributed by atoms with E-state index in [2.05, 4.69) is 33.2 Å². The zero-order chi connectivity index (χ0) is 18.0. The van der Waals surface area contributed by atoms with Gasteiger partial charge >= 0.3 is 0 Å². The summed E-state index contributed by atoms with van der Waals surface area (Å²) in [6.07, 6.45) is 0.940. The van der Waals surface area contributed by atoms with Crippen molar-refractivity contribution in [3.63, 3.8) is 0 Å².